The maximum atomic E-state index is 11.4. The Bertz CT molecular complexity index is 3710. The predicted molar refractivity (Wildman–Crippen MR) is 245 cm³/mol. The number of furan rings is 1. The molecule has 0 spiro atoms. The Balaban J connectivity index is 1.15. The molecule has 0 aliphatic heterocycles. The fourth-order valence-electron chi connectivity index (χ4n) is 8.58. The topological polar surface area (TPSA) is 259 Å². The number of aromatic hydroxyl groups is 10. The van der Waals surface area contributed by atoms with Crippen molar-refractivity contribution in [2.45, 2.75) is 0 Å². The van der Waals surface area contributed by atoms with Gasteiger partial charge in [-0.3, -0.25) is 0 Å². The molecule has 15 heteroatoms. The van der Waals surface area contributed by atoms with Gasteiger partial charge in [0.1, 0.15) is 11.2 Å². The van der Waals surface area contributed by atoms with E-state index < -0.39 is 68.6 Å². The molecule has 11 rings (SSSR count). The van der Waals surface area contributed by atoms with Crippen molar-refractivity contribution >= 4 is 43.7 Å². The molecule has 15 nitrogen and oxygen atoms in total. The number of hydrogen-bond acceptors (Lipinski definition) is 14. The van der Waals surface area contributed by atoms with Crippen LogP contribution in [0.15, 0.2) is 138 Å². The summed E-state index contributed by atoms with van der Waals surface area (Å²) in [4.78, 5) is 14.5. The zero-order valence-corrected chi connectivity index (χ0v) is 33.9. The van der Waals surface area contributed by atoms with E-state index in [1.165, 1.54) is 12.1 Å². The Kier molecular flexibility index (Phi) is 8.60. The zero-order valence-electron chi connectivity index (χ0n) is 33.9. The van der Waals surface area contributed by atoms with Crippen LogP contribution in [-0.4, -0.2) is 70.6 Å². The molecule has 0 amide bonds. The largest absolute Gasteiger partial charge is 0.504 e. The lowest BCUT2D eigenvalue weighted by molar-refractivity contribution is 0.330. The van der Waals surface area contributed by atoms with Crippen LogP contribution < -0.4 is 0 Å². The van der Waals surface area contributed by atoms with Crippen LogP contribution in [-0.2, 0) is 0 Å². The third-order valence-corrected chi connectivity index (χ3v) is 11.7. The van der Waals surface area contributed by atoms with Crippen LogP contribution in [0.5, 0.6) is 57.5 Å². The molecule has 0 fully saturated rings. The average Bonchev–Trinajstić information content (AvgIpc) is 3.89. The van der Waals surface area contributed by atoms with Gasteiger partial charge in [0.15, 0.2) is 40.5 Å². The van der Waals surface area contributed by atoms with Crippen molar-refractivity contribution in [3.63, 3.8) is 0 Å². The molecule has 0 radical (unpaired) electrons. The quantitative estimate of drug-likeness (QED) is 0.0551. The number of phenolic OH excluding ortho intramolecular Hbond substituents is 10. The van der Waals surface area contributed by atoms with Crippen molar-refractivity contribution in [1.29, 1.82) is 0 Å². The lowest BCUT2D eigenvalue weighted by Gasteiger charge is -2.18. The van der Waals surface area contributed by atoms with E-state index in [2.05, 4.69) is 0 Å². The third kappa shape index (κ3) is 5.80. The Morgan fingerprint density at radius 3 is 1.45 bits per heavy atom. The van der Waals surface area contributed by atoms with Gasteiger partial charge in [0.25, 0.3) is 0 Å². The average molecular weight is 877 g/mol. The first-order valence-electron chi connectivity index (χ1n) is 20.2. The number of fused-ring (bicyclic) bond motifs is 6. The highest BCUT2D eigenvalue weighted by atomic mass is 16.4. The highest BCUT2D eigenvalue weighted by molar-refractivity contribution is 6.17. The summed E-state index contributed by atoms with van der Waals surface area (Å²) in [6.45, 7) is 0. The summed E-state index contributed by atoms with van der Waals surface area (Å²) in [5.74, 6) is -9.71. The number of hydrogen-bond donors (Lipinski definition) is 10. The van der Waals surface area contributed by atoms with Crippen molar-refractivity contribution in [1.82, 2.24) is 19.5 Å². The lowest BCUT2D eigenvalue weighted by Crippen LogP contribution is -2.00. The van der Waals surface area contributed by atoms with Gasteiger partial charge in [-0.1, -0.05) is 84.9 Å². The van der Waals surface area contributed by atoms with Gasteiger partial charge in [-0.15, -0.1) is 0 Å². The smallest absolute Gasteiger partial charge is 0.208 e. The Morgan fingerprint density at radius 1 is 0.348 bits per heavy atom. The second kappa shape index (κ2) is 14.5. The molecule has 66 heavy (non-hydrogen) atoms. The van der Waals surface area contributed by atoms with Crippen LogP contribution in [0.25, 0.3) is 106 Å². The van der Waals surface area contributed by atoms with Gasteiger partial charge in [0.2, 0.25) is 34.5 Å². The monoisotopic (exact) mass is 876 g/mol. The molecule has 0 unspecified atom stereocenters. The summed E-state index contributed by atoms with van der Waals surface area (Å²) in [6.07, 6.45) is 0. The second-order valence-corrected chi connectivity index (χ2v) is 15.5. The van der Waals surface area contributed by atoms with E-state index in [4.69, 9.17) is 19.4 Å². The number of rotatable bonds is 6. The second-order valence-electron chi connectivity index (χ2n) is 15.5. The van der Waals surface area contributed by atoms with Gasteiger partial charge in [-0.05, 0) is 54.1 Å². The van der Waals surface area contributed by atoms with Crippen molar-refractivity contribution in [3.05, 3.63) is 133 Å². The first kappa shape index (κ1) is 39.2. The highest BCUT2D eigenvalue weighted by Crippen LogP contribution is 2.59. The van der Waals surface area contributed by atoms with Crippen LogP contribution in [0.3, 0.4) is 0 Å². The first-order valence-corrected chi connectivity index (χ1v) is 20.2. The molecule has 0 bridgehead atoms. The first-order chi connectivity index (χ1) is 31.9. The molecule has 8 aromatic carbocycles. The molecule has 3 heterocycles. The molecular formula is C51H32N4O11. The van der Waals surface area contributed by atoms with E-state index in [0.717, 1.165) is 16.5 Å². The van der Waals surface area contributed by atoms with Crippen LogP contribution >= 0.6 is 0 Å². The number of nitrogens with zero attached hydrogens (tertiary/aromatic N) is 4. The number of para-hydroxylation sites is 1. The predicted octanol–water partition coefficient (Wildman–Crippen LogP) is 10.3. The summed E-state index contributed by atoms with van der Waals surface area (Å²) >= 11 is 0. The molecule has 0 aliphatic carbocycles. The van der Waals surface area contributed by atoms with Crippen molar-refractivity contribution in [3.8, 4) is 120 Å². The van der Waals surface area contributed by atoms with Gasteiger partial charge in [0, 0.05) is 49.5 Å². The van der Waals surface area contributed by atoms with Crippen molar-refractivity contribution < 1.29 is 55.5 Å². The number of phenols is 10. The molecule has 0 saturated heterocycles. The number of benzene rings is 8. The van der Waals surface area contributed by atoms with Crippen LogP contribution in [0, 0.1) is 0 Å². The summed E-state index contributed by atoms with van der Waals surface area (Å²) in [5.41, 5.74) is 3.33. The van der Waals surface area contributed by atoms with E-state index in [1.54, 1.807) is 41.0 Å². The van der Waals surface area contributed by atoms with Crippen LogP contribution in [0.4, 0.5) is 0 Å². The molecule has 11 aromatic rings. The van der Waals surface area contributed by atoms with Crippen LogP contribution in [0.2, 0.25) is 0 Å². The molecule has 322 valence electrons. The molecule has 0 aliphatic rings. The molecular weight excluding hydrogens is 845 g/mol. The van der Waals surface area contributed by atoms with Crippen molar-refractivity contribution in [2.75, 3.05) is 0 Å². The number of aromatic nitrogens is 4. The van der Waals surface area contributed by atoms with E-state index in [0.29, 0.717) is 61.6 Å². The molecule has 10 N–H and O–H groups in total. The summed E-state index contributed by atoms with van der Waals surface area (Å²) < 4.78 is 8.22. The van der Waals surface area contributed by atoms with E-state index in [-0.39, 0.29) is 16.6 Å². The normalized spacial score (nSPS) is 11.6. The minimum Gasteiger partial charge on any atom is -0.504 e. The van der Waals surface area contributed by atoms with Gasteiger partial charge in [-0.2, -0.15) is 0 Å². The molecule has 0 atom stereocenters. The lowest BCUT2D eigenvalue weighted by atomic mass is 9.92. The van der Waals surface area contributed by atoms with E-state index in [9.17, 15) is 51.1 Å². The van der Waals surface area contributed by atoms with Gasteiger partial charge >= 0.3 is 0 Å². The standard InChI is InChI=1S/C51H32N4O11/c56-39-36(40(57)44(61)47(64)43(39)60)26-19-31-28-13-7-8-14-33(28)55(38(31)32(20-26)37-41(58)45(62)48(65)46(63)42(37)59)27-16-18-34-30(22-27)29-17-15-25(21-35(29)66-34)51-53-49(23-9-3-1-4-10-23)52-50(54-51)24-11-5-2-6-12-24/h1-22,56-65H. The van der Waals surface area contributed by atoms with Crippen LogP contribution in [0.1, 0.15) is 0 Å². The summed E-state index contributed by atoms with van der Waals surface area (Å²) in [6, 6.07) is 40.1. The fourth-order valence-corrected chi connectivity index (χ4v) is 8.58. The zero-order chi connectivity index (χ0) is 45.7. The fraction of sp³-hybridized carbons (Fsp3) is 0. The summed E-state index contributed by atoms with van der Waals surface area (Å²) in [5, 5.41) is 110. The Labute approximate surface area is 370 Å². The minimum atomic E-state index is -1.20. The van der Waals surface area contributed by atoms with Gasteiger partial charge < -0.3 is 60.0 Å². The van der Waals surface area contributed by atoms with E-state index in [1.807, 2.05) is 84.9 Å². The molecule has 0 saturated carbocycles. The van der Waals surface area contributed by atoms with E-state index >= 15 is 0 Å². The summed E-state index contributed by atoms with van der Waals surface area (Å²) in [7, 11) is 0. The third-order valence-electron chi connectivity index (χ3n) is 11.7. The molecule has 3 aromatic heterocycles. The van der Waals surface area contributed by atoms with Crippen molar-refractivity contribution in [2.24, 2.45) is 0 Å². The minimum absolute atomic E-state index is 0.121. The van der Waals surface area contributed by atoms with Gasteiger partial charge in [-0.25, -0.2) is 15.0 Å². The highest BCUT2D eigenvalue weighted by Gasteiger charge is 2.31. The maximum Gasteiger partial charge on any atom is 0.208 e. The SMILES string of the molecule is Oc1c(O)c(O)c(-c2cc(-c3c(O)c(O)c(O)c(O)c3O)c3c(c2)c2ccccc2n3-c2ccc3oc4cc(-c5nc(-c6ccccc6)nc(-c6ccccc6)n5)ccc4c3c2)c(O)c1O. The van der Waals surface area contributed by atoms with Gasteiger partial charge in [0.05, 0.1) is 22.2 Å². The maximum absolute atomic E-state index is 11.4. The Hall–Kier alpha value is -9.63. The Morgan fingerprint density at radius 2 is 0.864 bits per heavy atom.